The minimum atomic E-state index is -3.27. The van der Waals surface area contributed by atoms with Crippen LogP contribution in [0.5, 0.6) is 0 Å². The monoisotopic (exact) mass is 246 g/mol. The minimum Gasteiger partial charge on any atom is -0.344 e. The van der Waals surface area contributed by atoms with Crippen molar-refractivity contribution in [1.29, 1.82) is 0 Å². The highest BCUT2D eigenvalue weighted by atomic mass is 35.5. The van der Waals surface area contributed by atoms with Gasteiger partial charge in [0, 0.05) is 18.7 Å². The Morgan fingerprint density at radius 3 is 2.47 bits per heavy atom. The Morgan fingerprint density at radius 2 is 1.93 bits per heavy atom. The first-order chi connectivity index (χ1) is 6.99. The molecular formula is C10H12ClO3P. The van der Waals surface area contributed by atoms with Crippen molar-refractivity contribution < 1.29 is 14.3 Å². The lowest BCUT2D eigenvalue weighted by molar-refractivity contribution is -0.111. The average molecular weight is 247 g/mol. The number of carbonyl (C=O) groups is 1. The van der Waals surface area contributed by atoms with Crippen LogP contribution in [0.4, 0.5) is 0 Å². The fourth-order valence-corrected chi connectivity index (χ4v) is 2.93. The summed E-state index contributed by atoms with van der Waals surface area (Å²) in [5.74, 6) is 0. The minimum absolute atomic E-state index is 0.0514. The predicted molar refractivity (Wildman–Crippen MR) is 60.3 cm³/mol. The van der Waals surface area contributed by atoms with Crippen molar-refractivity contribution in [2.45, 2.75) is 12.6 Å². The van der Waals surface area contributed by atoms with E-state index in [1.54, 1.807) is 12.1 Å². The van der Waals surface area contributed by atoms with Crippen LogP contribution in [0.25, 0.3) is 0 Å². The van der Waals surface area contributed by atoms with Gasteiger partial charge in [0.25, 0.3) is 0 Å². The molecule has 0 amide bonds. The van der Waals surface area contributed by atoms with Gasteiger partial charge in [-0.3, -0.25) is 9.36 Å². The fraction of sp³-hybridized carbons (Fsp3) is 0.300. The standard InChI is InChI=1S/C10H12ClO3P/c11-10(12)6-7-15(13,14)8-9-4-2-1-3-5-9/h1-5H,6-8H2,(H,13,14). The summed E-state index contributed by atoms with van der Waals surface area (Å²) in [5.41, 5.74) is 0.797. The molecule has 1 aromatic carbocycles. The smallest absolute Gasteiger partial charge is 0.222 e. The lowest BCUT2D eigenvalue weighted by Gasteiger charge is -2.09. The summed E-state index contributed by atoms with van der Waals surface area (Å²) >= 11 is 5.12. The van der Waals surface area contributed by atoms with E-state index in [0.29, 0.717) is 0 Å². The summed E-state index contributed by atoms with van der Waals surface area (Å²) < 4.78 is 11.6. The first-order valence-corrected chi connectivity index (χ1v) is 6.93. The van der Waals surface area contributed by atoms with Crippen molar-refractivity contribution in [3.05, 3.63) is 35.9 Å². The van der Waals surface area contributed by atoms with E-state index in [1.165, 1.54) is 0 Å². The SMILES string of the molecule is O=C(Cl)CCP(=O)(O)Cc1ccccc1. The molecule has 5 heteroatoms. The second kappa shape index (κ2) is 5.45. The van der Waals surface area contributed by atoms with Gasteiger partial charge >= 0.3 is 0 Å². The van der Waals surface area contributed by atoms with Crippen LogP contribution in [0.3, 0.4) is 0 Å². The van der Waals surface area contributed by atoms with E-state index in [2.05, 4.69) is 0 Å². The van der Waals surface area contributed by atoms with Gasteiger partial charge in [-0.15, -0.1) is 0 Å². The maximum absolute atomic E-state index is 11.6. The van der Waals surface area contributed by atoms with Crippen molar-refractivity contribution in [2.24, 2.45) is 0 Å². The number of halogens is 1. The second-order valence-corrected chi connectivity index (χ2v) is 6.20. The van der Waals surface area contributed by atoms with Crippen LogP contribution >= 0.6 is 19.0 Å². The predicted octanol–water partition coefficient (Wildman–Crippen LogP) is 2.61. The largest absolute Gasteiger partial charge is 0.344 e. The molecule has 0 bridgehead atoms. The molecule has 1 atom stereocenters. The molecule has 0 aliphatic rings. The summed E-state index contributed by atoms with van der Waals surface area (Å²) in [4.78, 5) is 20.0. The molecule has 0 heterocycles. The van der Waals surface area contributed by atoms with E-state index in [0.717, 1.165) is 5.56 Å². The summed E-state index contributed by atoms with van der Waals surface area (Å²) in [7, 11) is -3.27. The molecule has 82 valence electrons. The molecule has 0 aliphatic heterocycles. The van der Waals surface area contributed by atoms with E-state index in [4.69, 9.17) is 11.6 Å². The van der Waals surface area contributed by atoms with Gasteiger partial charge in [0.2, 0.25) is 12.6 Å². The quantitative estimate of drug-likeness (QED) is 0.642. The Morgan fingerprint density at radius 1 is 1.33 bits per heavy atom. The van der Waals surface area contributed by atoms with Crippen LogP contribution in [-0.2, 0) is 15.5 Å². The molecule has 1 N–H and O–H groups in total. The molecule has 0 saturated carbocycles. The van der Waals surface area contributed by atoms with Gasteiger partial charge in [0.1, 0.15) is 0 Å². The molecule has 1 rings (SSSR count). The Balaban J connectivity index is 2.57. The van der Waals surface area contributed by atoms with E-state index in [9.17, 15) is 14.3 Å². The van der Waals surface area contributed by atoms with Crippen molar-refractivity contribution >= 4 is 24.2 Å². The number of hydrogen-bond donors (Lipinski definition) is 1. The molecule has 15 heavy (non-hydrogen) atoms. The number of hydrogen-bond acceptors (Lipinski definition) is 2. The van der Waals surface area contributed by atoms with Gasteiger partial charge in [0.15, 0.2) is 0 Å². The van der Waals surface area contributed by atoms with Crippen LogP contribution in [0.1, 0.15) is 12.0 Å². The molecule has 3 nitrogen and oxygen atoms in total. The van der Waals surface area contributed by atoms with E-state index in [1.807, 2.05) is 18.2 Å². The Kier molecular flexibility index (Phi) is 4.52. The Hall–Kier alpha value is -0.630. The third-order valence-electron chi connectivity index (χ3n) is 1.93. The van der Waals surface area contributed by atoms with Crippen LogP contribution in [0.15, 0.2) is 30.3 Å². The highest BCUT2D eigenvalue weighted by Gasteiger charge is 2.19. The highest BCUT2D eigenvalue weighted by Crippen LogP contribution is 2.44. The molecule has 0 saturated heterocycles. The second-order valence-electron chi connectivity index (χ2n) is 3.32. The lowest BCUT2D eigenvalue weighted by Crippen LogP contribution is -1.97. The summed E-state index contributed by atoms with van der Waals surface area (Å²) in [5, 5.41) is -0.572. The van der Waals surface area contributed by atoms with Gasteiger partial charge in [-0.25, -0.2) is 0 Å². The van der Waals surface area contributed by atoms with Gasteiger partial charge in [0.05, 0.1) is 0 Å². The number of rotatable bonds is 5. The van der Waals surface area contributed by atoms with Crippen molar-refractivity contribution in [3.63, 3.8) is 0 Å². The molecular weight excluding hydrogens is 235 g/mol. The highest BCUT2D eigenvalue weighted by molar-refractivity contribution is 7.57. The molecule has 0 radical (unpaired) electrons. The summed E-state index contributed by atoms with van der Waals surface area (Å²) in [6, 6.07) is 9.02. The molecule has 0 aromatic heterocycles. The molecule has 0 aliphatic carbocycles. The zero-order chi connectivity index (χ0) is 11.3. The van der Waals surface area contributed by atoms with Crippen LogP contribution in [-0.4, -0.2) is 16.3 Å². The van der Waals surface area contributed by atoms with Gasteiger partial charge in [-0.1, -0.05) is 30.3 Å². The van der Waals surface area contributed by atoms with E-state index >= 15 is 0 Å². The average Bonchev–Trinajstić information content (AvgIpc) is 2.16. The van der Waals surface area contributed by atoms with Gasteiger partial charge in [-0.2, -0.15) is 0 Å². The Bertz CT molecular complexity index is 378. The molecule has 0 fully saturated rings. The van der Waals surface area contributed by atoms with Gasteiger partial charge < -0.3 is 4.89 Å². The molecule has 1 aromatic rings. The summed E-state index contributed by atoms with van der Waals surface area (Å²) in [6.07, 6.45) is -0.00952. The van der Waals surface area contributed by atoms with E-state index < -0.39 is 12.6 Å². The number of carbonyl (C=O) groups excluding carboxylic acids is 1. The van der Waals surface area contributed by atoms with Crippen LogP contribution in [0.2, 0.25) is 0 Å². The zero-order valence-corrected chi connectivity index (χ0v) is 9.75. The fourth-order valence-electron chi connectivity index (χ4n) is 1.21. The van der Waals surface area contributed by atoms with Gasteiger partial charge in [-0.05, 0) is 17.2 Å². The molecule has 0 spiro atoms. The summed E-state index contributed by atoms with van der Waals surface area (Å²) in [6.45, 7) is 0. The van der Waals surface area contributed by atoms with Crippen molar-refractivity contribution in [2.75, 3.05) is 6.16 Å². The number of benzene rings is 1. The first kappa shape index (κ1) is 12.4. The zero-order valence-electron chi connectivity index (χ0n) is 8.10. The molecule has 1 unspecified atom stereocenters. The maximum Gasteiger partial charge on any atom is 0.222 e. The third kappa shape index (κ3) is 5.12. The Labute approximate surface area is 93.5 Å². The topological polar surface area (TPSA) is 54.4 Å². The van der Waals surface area contributed by atoms with Crippen LogP contribution in [0, 0.1) is 0 Å². The van der Waals surface area contributed by atoms with Crippen LogP contribution < -0.4 is 0 Å². The lowest BCUT2D eigenvalue weighted by atomic mass is 10.2. The maximum atomic E-state index is 11.6. The van der Waals surface area contributed by atoms with Crippen molar-refractivity contribution in [3.8, 4) is 0 Å². The van der Waals surface area contributed by atoms with E-state index in [-0.39, 0.29) is 18.7 Å². The first-order valence-electron chi connectivity index (χ1n) is 4.53. The third-order valence-corrected chi connectivity index (χ3v) is 3.90. The van der Waals surface area contributed by atoms with Crippen molar-refractivity contribution in [1.82, 2.24) is 0 Å². The normalized spacial score (nSPS) is 14.5.